The zero-order chi connectivity index (χ0) is 28.2. The molecule has 0 bridgehead atoms. The summed E-state index contributed by atoms with van der Waals surface area (Å²) < 4.78 is 61.9. The van der Waals surface area contributed by atoms with Gasteiger partial charge in [-0.1, -0.05) is 0 Å². The molecule has 1 aromatic carbocycles. The van der Waals surface area contributed by atoms with Crippen molar-refractivity contribution in [2.45, 2.75) is 19.3 Å². The third-order valence-electron chi connectivity index (χ3n) is 5.10. The van der Waals surface area contributed by atoms with Gasteiger partial charge < -0.3 is 20.1 Å². The van der Waals surface area contributed by atoms with E-state index in [0.717, 1.165) is 18.2 Å². The highest BCUT2D eigenvalue weighted by Gasteiger charge is 2.31. The van der Waals surface area contributed by atoms with Crippen LogP contribution in [0.25, 0.3) is 16.9 Å². The molecule has 0 fully saturated rings. The minimum atomic E-state index is -4.96. The normalized spacial score (nSPS) is 11.1. The van der Waals surface area contributed by atoms with E-state index in [-0.39, 0.29) is 29.2 Å². The van der Waals surface area contributed by atoms with E-state index >= 15 is 0 Å². The number of carbonyl (C=O) groups excluding carboxylic acids is 2. The smallest absolute Gasteiger partial charge is 0.480 e. The maximum absolute atomic E-state index is 14.1. The minimum absolute atomic E-state index is 0.0462. The van der Waals surface area contributed by atoms with Gasteiger partial charge in [0.05, 0.1) is 25.1 Å². The molecule has 3 heterocycles. The third kappa shape index (κ3) is 6.55. The van der Waals surface area contributed by atoms with Gasteiger partial charge in [-0.2, -0.15) is 10.4 Å². The summed E-state index contributed by atoms with van der Waals surface area (Å²) >= 11 is 0. The van der Waals surface area contributed by atoms with Crippen LogP contribution in [0.1, 0.15) is 22.3 Å². The Morgan fingerprint density at radius 1 is 1.18 bits per heavy atom. The Hall–Kier alpha value is -5.26. The third-order valence-corrected chi connectivity index (χ3v) is 5.10. The first-order valence-electron chi connectivity index (χ1n) is 11.0. The quantitative estimate of drug-likeness (QED) is 0.321. The number of fused-ring (bicyclic) bond motifs is 1. The van der Waals surface area contributed by atoms with Gasteiger partial charge in [-0.3, -0.25) is 9.59 Å². The molecule has 2 N–H and O–H groups in total. The van der Waals surface area contributed by atoms with Crippen molar-refractivity contribution >= 4 is 23.3 Å². The number of imidazole rings is 1. The average Bonchev–Trinajstić information content (AvgIpc) is 3.29. The Morgan fingerprint density at radius 3 is 2.69 bits per heavy atom. The van der Waals surface area contributed by atoms with Crippen molar-refractivity contribution in [3.63, 3.8) is 0 Å². The fraction of sp³-hybridized carbons (Fsp3) is 0.167. The minimum Gasteiger partial charge on any atom is -0.480 e. The number of ether oxygens (including phenoxy) is 2. The van der Waals surface area contributed by atoms with Crippen molar-refractivity contribution in [2.24, 2.45) is 0 Å². The van der Waals surface area contributed by atoms with Gasteiger partial charge in [-0.15, -0.1) is 13.2 Å². The van der Waals surface area contributed by atoms with Gasteiger partial charge in [0.15, 0.2) is 11.5 Å². The Bertz CT molecular complexity index is 1600. The predicted molar refractivity (Wildman–Crippen MR) is 126 cm³/mol. The van der Waals surface area contributed by atoms with Crippen molar-refractivity contribution in [1.29, 1.82) is 5.26 Å². The number of halogens is 4. The van der Waals surface area contributed by atoms with E-state index in [2.05, 4.69) is 30.4 Å². The Morgan fingerprint density at radius 2 is 1.97 bits per heavy atom. The molecule has 0 saturated carbocycles. The molecule has 3 aromatic heterocycles. The number of nitrogens with zero attached hydrogens (tertiary/aromatic N) is 5. The SMILES string of the molecule is COc1ncc(-c2ccc3nc(NC(=O)CC#N)cn3n2)cc1C(=O)NCc1cc(OC(F)(F)F)ccc1F. The lowest BCUT2D eigenvalue weighted by Crippen LogP contribution is -2.24. The van der Waals surface area contributed by atoms with Crippen molar-refractivity contribution < 1.29 is 36.6 Å². The largest absolute Gasteiger partial charge is 0.573 e. The van der Waals surface area contributed by atoms with Crippen LogP contribution in [-0.2, 0) is 11.3 Å². The molecule has 15 heteroatoms. The summed E-state index contributed by atoms with van der Waals surface area (Å²) in [7, 11) is 1.29. The molecule has 39 heavy (non-hydrogen) atoms. The topological polar surface area (TPSA) is 144 Å². The molecule has 0 saturated heterocycles. The number of pyridine rings is 1. The van der Waals surface area contributed by atoms with Crippen LogP contribution in [0, 0.1) is 17.1 Å². The monoisotopic (exact) mass is 543 g/mol. The standard InChI is InChI=1S/C24H17F4N7O4/c1-38-23-16(22(37)30-10-13-8-15(2-3-17(13)25)39-24(26,27)28)9-14(11-31-23)18-4-5-20-32-19(12-35(20)34-18)33-21(36)6-7-29/h2-5,8-9,11-12H,6,10H2,1H3,(H,30,37)(H,33,36). The zero-order valence-corrected chi connectivity index (χ0v) is 19.9. The summed E-state index contributed by atoms with van der Waals surface area (Å²) in [5.41, 5.74) is 0.859. The first kappa shape index (κ1) is 26.8. The van der Waals surface area contributed by atoms with E-state index in [4.69, 9.17) is 10.00 Å². The van der Waals surface area contributed by atoms with Crippen LogP contribution in [0.15, 0.2) is 48.8 Å². The van der Waals surface area contributed by atoms with Gasteiger partial charge >= 0.3 is 6.36 Å². The number of aromatic nitrogens is 4. The lowest BCUT2D eigenvalue weighted by atomic mass is 10.1. The Kier molecular flexibility index (Phi) is 7.56. The summed E-state index contributed by atoms with van der Waals surface area (Å²) in [5, 5.41) is 17.9. The lowest BCUT2D eigenvalue weighted by molar-refractivity contribution is -0.274. The zero-order valence-electron chi connectivity index (χ0n) is 19.9. The molecule has 11 nitrogen and oxygen atoms in total. The van der Waals surface area contributed by atoms with Crippen molar-refractivity contribution in [3.8, 4) is 29.0 Å². The van der Waals surface area contributed by atoms with E-state index in [1.807, 2.05) is 0 Å². The van der Waals surface area contributed by atoms with Crippen molar-refractivity contribution in [2.75, 3.05) is 12.4 Å². The van der Waals surface area contributed by atoms with Crippen molar-refractivity contribution in [3.05, 3.63) is 65.7 Å². The summed E-state index contributed by atoms with van der Waals surface area (Å²) in [5.74, 6) is -2.63. The highest BCUT2D eigenvalue weighted by molar-refractivity contribution is 5.97. The van der Waals surface area contributed by atoms with Gasteiger partial charge in [0, 0.05) is 23.9 Å². The van der Waals surface area contributed by atoms with Gasteiger partial charge in [0.2, 0.25) is 11.8 Å². The number of benzene rings is 1. The van der Waals surface area contributed by atoms with Crippen LogP contribution < -0.4 is 20.1 Å². The van der Waals surface area contributed by atoms with Crippen LogP contribution >= 0.6 is 0 Å². The molecule has 0 aliphatic heterocycles. The number of anilines is 1. The number of rotatable bonds is 8. The summed E-state index contributed by atoms with van der Waals surface area (Å²) in [4.78, 5) is 32.9. The molecule has 0 aliphatic rings. The second kappa shape index (κ2) is 11.0. The Labute approximate surface area is 217 Å². The maximum atomic E-state index is 14.1. The van der Waals surface area contributed by atoms with Crippen LogP contribution in [-0.4, -0.2) is 44.9 Å². The van der Waals surface area contributed by atoms with Gasteiger partial charge in [-0.25, -0.2) is 18.9 Å². The second-order valence-electron chi connectivity index (χ2n) is 7.80. The second-order valence-corrected chi connectivity index (χ2v) is 7.80. The fourth-order valence-electron chi connectivity index (χ4n) is 3.43. The van der Waals surface area contributed by atoms with E-state index in [1.165, 1.54) is 30.1 Å². The number of carbonyl (C=O) groups is 2. The Balaban J connectivity index is 1.55. The fourth-order valence-corrected chi connectivity index (χ4v) is 3.43. The van der Waals surface area contributed by atoms with E-state index in [0.29, 0.717) is 16.9 Å². The number of amides is 2. The number of hydrogen-bond donors (Lipinski definition) is 2. The number of nitrogens with one attached hydrogen (secondary N) is 2. The molecule has 4 rings (SSSR count). The van der Waals surface area contributed by atoms with Crippen LogP contribution in [0.5, 0.6) is 11.6 Å². The van der Waals surface area contributed by atoms with Crippen LogP contribution in [0.2, 0.25) is 0 Å². The van der Waals surface area contributed by atoms with E-state index < -0.39 is 36.3 Å². The van der Waals surface area contributed by atoms with Crippen molar-refractivity contribution in [1.82, 2.24) is 24.9 Å². The molecule has 0 atom stereocenters. The van der Waals surface area contributed by atoms with Gasteiger partial charge in [0.1, 0.15) is 23.6 Å². The van der Waals surface area contributed by atoms with Gasteiger partial charge in [-0.05, 0) is 36.4 Å². The van der Waals surface area contributed by atoms with Gasteiger partial charge in [0.25, 0.3) is 5.91 Å². The van der Waals surface area contributed by atoms with E-state index in [1.54, 1.807) is 18.2 Å². The molecule has 200 valence electrons. The average molecular weight is 543 g/mol. The highest BCUT2D eigenvalue weighted by Crippen LogP contribution is 2.26. The number of alkyl halides is 3. The molecule has 0 unspecified atom stereocenters. The summed E-state index contributed by atoms with van der Waals surface area (Å²) in [6.07, 6.45) is -2.47. The lowest BCUT2D eigenvalue weighted by Gasteiger charge is -2.13. The van der Waals surface area contributed by atoms with E-state index in [9.17, 15) is 27.2 Å². The maximum Gasteiger partial charge on any atom is 0.573 e. The number of nitriles is 1. The molecule has 0 radical (unpaired) electrons. The molecular formula is C24H17F4N7O4. The summed E-state index contributed by atoms with van der Waals surface area (Å²) in [6.45, 7) is -0.452. The summed E-state index contributed by atoms with van der Waals surface area (Å²) in [6, 6.07) is 8.79. The molecule has 0 aliphatic carbocycles. The number of hydrogen-bond acceptors (Lipinski definition) is 8. The molecule has 4 aromatic rings. The highest BCUT2D eigenvalue weighted by atomic mass is 19.4. The predicted octanol–water partition coefficient (Wildman–Crippen LogP) is 3.62. The molecular weight excluding hydrogens is 526 g/mol. The van der Waals surface area contributed by atoms with Crippen LogP contribution in [0.4, 0.5) is 23.4 Å². The van der Waals surface area contributed by atoms with Crippen LogP contribution in [0.3, 0.4) is 0 Å². The first-order chi connectivity index (χ1) is 18.6. The molecule has 2 amide bonds. The molecule has 0 spiro atoms. The first-order valence-corrected chi connectivity index (χ1v) is 11.0. The number of methoxy groups -OCH3 is 1.